The van der Waals surface area contributed by atoms with Gasteiger partial charge in [-0.1, -0.05) is 0 Å². The molecule has 7 nitrogen and oxygen atoms in total. The summed E-state index contributed by atoms with van der Waals surface area (Å²) >= 11 is 0. The monoisotopic (exact) mass is 383 g/mol. The lowest BCUT2D eigenvalue weighted by Crippen LogP contribution is -2.27. The van der Waals surface area contributed by atoms with Gasteiger partial charge in [-0.15, -0.1) is 0 Å². The first-order valence-corrected chi connectivity index (χ1v) is 8.89. The minimum absolute atomic E-state index is 0.0404. The van der Waals surface area contributed by atoms with E-state index in [1.54, 1.807) is 46.1 Å². The maximum Gasteiger partial charge on any atom is 0.266 e. The summed E-state index contributed by atoms with van der Waals surface area (Å²) in [6.45, 7) is 3.92. The summed E-state index contributed by atoms with van der Waals surface area (Å²) in [4.78, 5) is 28.8. The Bertz CT molecular complexity index is 973. The standard InChI is InChI=1S/C21H25N3O4/c1-13-17(14(2)23-21(26)18(13)11-22)8-9-20(25)24(3)12-15-6-7-16(27-4)10-19(15)28-5/h6-7,10H,8-9,12H2,1-5H3,(H,23,26). The van der Waals surface area contributed by atoms with Crippen molar-refractivity contribution in [3.8, 4) is 17.6 Å². The molecular formula is C21H25N3O4. The molecule has 1 aromatic heterocycles. The van der Waals surface area contributed by atoms with Gasteiger partial charge in [0.15, 0.2) is 0 Å². The summed E-state index contributed by atoms with van der Waals surface area (Å²) in [5.41, 5.74) is 2.74. The first-order valence-electron chi connectivity index (χ1n) is 8.89. The number of nitrogens with zero attached hydrogens (tertiary/aromatic N) is 2. The van der Waals surface area contributed by atoms with E-state index in [9.17, 15) is 9.59 Å². The van der Waals surface area contributed by atoms with Crippen LogP contribution in [-0.4, -0.2) is 37.1 Å². The van der Waals surface area contributed by atoms with E-state index >= 15 is 0 Å². The van der Waals surface area contributed by atoms with Crippen molar-refractivity contribution >= 4 is 5.91 Å². The second-order valence-electron chi connectivity index (χ2n) is 6.60. The molecule has 0 saturated carbocycles. The molecule has 0 spiro atoms. The number of H-pyrrole nitrogens is 1. The number of carbonyl (C=O) groups excluding carboxylic acids is 1. The number of aromatic nitrogens is 1. The minimum atomic E-state index is -0.392. The van der Waals surface area contributed by atoms with Crippen LogP contribution in [-0.2, 0) is 17.8 Å². The predicted molar refractivity (Wildman–Crippen MR) is 106 cm³/mol. The van der Waals surface area contributed by atoms with Crippen molar-refractivity contribution in [1.82, 2.24) is 9.88 Å². The average molecular weight is 383 g/mol. The van der Waals surface area contributed by atoms with Crippen molar-refractivity contribution in [2.24, 2.45) is 0 Å². The van der Waals surface area contributed by atoms with Gasteiger partial charge in [0.1, 0.15) is 23.1 Å². The smallest absolute Gasteiger partial charge is 0.266 e. The largest absolute Gasteiger partial charge is 0.497 e. The van der Waals surface area contributed by atoms with Gasteiger partial charge >= 0.3 is 0 Å². The third-order valence-corrected chi connectivity index (χ3v) is 4.84. The minimum Gasteiger partial charge on any atom is -0.497 e. The molecule has 1 N–H and O–H groups in total. The zero-order valence-electron chi connectivity index (χ0n) is 16.9. The summed E-state index contributed by atoms with van der Waals surface area (Å²) in [5, 5.41) is 9.17. The lowest BCUT2D eigenvalue weighted by Gasteiger charge is -2.20. The van der Waals surface area contributed by atoms with E-state index in [-0.39, 0.29) is 17.9 Å². The molecule has 2 rings (SSSR count). The molecule has 0 radical (unpaired) electrons. The number of aromatic amines is 1. The molecule has 148 valence electrons. The summed E-state index contributed by atoms with van der Waals surface area (Å²) in [6, 6.07) is 7.41. The number of amides is 1. The van der Waals surface area contributed by atoms with Crippen LogP contribution in [0.5, 0.6) is 11.5 Å². The van der Waals surface area contributed by atoms with Crippen LogP contribution in [0.1, 0.15) is 34.4 Å². The molecule has 0 saturated heterocycles. The number of hydrogen-bond acceptors (Lipinski definition) is 5. The van der Waals surface area contributed by atoms with E-state index in [1.165, 1.54) is 0 Å². The van der Waals surface area contributed by atoms with E-state index in [0.717, 1.165) is 11.1 Å². The molecule has 0 unspecified atom stereocenters. The Hall–Kier alpha value is -3.27. The Balaban J connectivity index is 2.10. The van der Waals surface area contributed by atoms with Gasteiger partial charge in [0.2, 0.25) is 5.91 Å². The number of pyridine rings is 1. The molecular weight excluding hydrogens is 358 g/mol. The molecule has 1 aromatic carbocycles. The number of nitrogens with one attached hydrogen (secondary N) is 1. The summed E-state index contributed by atoms with van der Waals surface area (Å²) in [6.07, 6.45) is 0.722. The van der Waals surface area contributed by atoms with Crippen molar-refractivity contribution in [2.45, 2.75) is 33.2 Å². The topological polar surface area (TPSA) is 95.4 Å². The van der Waals surface area contributed by atoms with Crippen molar-refractivity contribution < 1.29 is 14.3 Å². The lowest BCUT2D eigenvalue weighted by molar-refractivity contribution is -0.130. The van der Waals surface area contributed by atoms with Gasteiger partial charge in [-0.05, 0) is 43.5 Å². The number of ether oxygens (including phenoxy) is 2. The molecule has 0 fully saturated rings. The normalized spacial score (nSPS) is 10.3. The van der Waals surface area contributed by atoms with Crippen molar-refractivity contribution in [1.29, 1.82) is 5.26 Å². The Morgan fingerprint density at radius 2 is 1.96 bits per heavy atom. The first kappa shape index (κ1) is 21.0. The maximum absolute atomic E-state index is 12.6. The molecule has 1 heterocycles. The number of benzene rings is 1. The van der Waals surface area contributed by atoms with Gasteiger partial charge in [-0.2, -0.15) is 5.26 Å². The summed E-state index contributed by atoms with van der Waals surface area (Å²) < 4.78 is 10.6. The molecule has 7 heteroatoms. The van der Waals surface area contributed by atoms with Crippen LogP contribution in [0.2, 0.25) is 0 Å². The summed E-state index contributed by atoms with van der Waals surface area (Å²) in [5.74, 6) is 1.30. The molecule has 0 aliphatic rings. The number of hydrogen-bond donors (Lipinski definition) is 1. The Labute approximate surface area is 164 Å². The molecule has 0 atom stereocenters. The van der Waals surface area contributed by atoms with Crippen LogP contribution in [0.15, 0.2) is 23.0 Å². The van der Waals surface area contributed by atoms with Gasteiger partial charge in [-0.3, -0.25) is 9.59 Å². The first-order chi connectivity index (χ1) is 13.3. The average Bonchev–Trinajstić information content (AvgIpc) is 2.67. The fraction of sp³-hybridized carbons (Fsp3) is 0.381. The zero-order chi connectivity index (χ0) is 20.8. The fourth-order valence-electron chi connectivity index (χ4n) is 3.17. The second-order valence-corrected chi connectivity index (χ2v) is 6.60. The van der Waals surface area contributed by atoms with Crippen LogP contribution < -0.4 is 15.0 Å². The van der Waals surface area contributed by atoms with E-state index in [1.807, 2.05) is 18.2 Å². The van der Waals surface area contributed by atoms with Crippen LogP contribution in [0, 0.1) is 25.2 Å². The number of nitriles is 1. The number of methoxy groups -OCH3 is 2. The van der Waals surface area contributed by atoms with Crippen molar-refractivity contribution in [3.63, 3.8) is 0 Å². The predicted octanol–water partition coefficient (Wildman–Crippen LogP) is 2.47. The van der Waals surface area contributed by atoms with E-state index in [4.69, 9.17) is 14.7 Å². The number of rotatable bonds is 7. The van der Waals surface area contributed by atoms with Gasteiger partial charge in [-0.25, -0.2) is 0 Å². The number of aryl methyl sites for hydroxylation is 1. The van der Waals surface area contributed by atoms with Gasteiger partial charge in [0, 0.05) is 37.3 Å². The zero-order valence-corrected chi connectivity index (χ0v) is 16.9. The molecule has 28 heavy (non-hydrogen) atoms. The van der Waals surface area contributed by atoms with E-state index in [2.05, 4.69) is 4.98 Å². The highest BCUT2D eigenvalue weighted by molar-refractivity contribution is 5.76. The molecule has 0 bridgehead atoms. The van der Waals surface area contributed by atoms with Gasteiger partial charge in [0.05, 0.1) is 14.2 Å². The molecule has 0 aliphatic carbocycles. The molecule has 1 amide bonds. The van der Waals surface area contributed by atoms with Crippen LogP contribution in [0.3, 0.4) is 0 Å². The van der Waals surface area contributed by atoms with Crippen LogP contribution in [0.25, 0.3) is 0 Å². The highest BCUT2D eigenvalue weighted by Crippen LogP contribution is 2.25. The Kier molecular flexibility index (Phi) is 6.83. The Morgan fingerprint density at radius 1 is 1.25 bits per heavy atom. The third kappa shape index (κ3) is 4.52. The van der Waals surface area contributed by atoms with Gasteiger partial charge in [0.25, 0.3) is 5.56 Å². The Morgan fingerprint density at radius 3 is 2.57 bits per heavy atom. The highest BCUT2D eigenvalue weighted by Gasteiger charge is 2.16. The molecule has 2 aromatic rings. The van der Waals surface area contributed by atoms with E-state index in [0.29, 0.717) is 35.7 Å². The van der Waals surface area contributed by atoms with Gasteiger partial charge < -0.3 is 19.4 Å². The SMILES string of the molecule is COc1ccc(CN(C)C(=O)CCc2c(C)[nH]c(=O)c(C#N)c2C)c(OC)c1. The summed E-state index contributed by atoms with van der Waals surface area (Å²) in [7, 11) is 4.90. The maximum atomic E-state index is 12.6. The molecule has 0 aliphatic heterocycles. The number of carbonyl (C=O) groups is 1. The van der Waals surface area contributed by atoms with Crippen molar-refractivity contribution in [3.05, 3.63) is 56.5 Å². The van der Waals surface area contributed by atoms with E-state index < -0.39 is 5.56 Å². The lowest BCUT2D eigenvalue weighted by atomic mass is 9.99. The van der Waals surface area contributed by atoms with Crippen LogP contribution in [0.4, 0.5) is 0 Å². The van der Waals surface area contributed by atoms with Crippen LogP contribution >= 0.6 is 0 Å². The third-order valence-electron chi connectivity index (χ3n) is 4.84. The quantitative estimate of drug-likeness (QED) is 0.792. The highest BCUT2D eigenvalue weighted by atomic mass is 16.5. The second kappa shape index (κ2) is 9.09. The van der Waals surface area contributed by atoms with Crippen molar-refractivity contribution in [2.75, 3.05) is 21.3 Å². The fourth-order valence-corrected chi connectivity index (χ4v) is 3.17.